The molecule has 1 rings (SSSR count). The van der Waals surface area contributed by atoms with Gasteiger partial charge in [-0.05, 0) is 40.4 Å². The molecule has 3 nitrogen and oxygen atoms in total. The summed E-state index contributed by atoms with van der Waals surface area (Å²) in [6, 6.07) is 2.20. The quantitative estimate of drug-likeness (QED) is 0.477. The zero-order valence-electron chi connectivity index (χ0n) is 11.2. The molecule has 108 valence electrons. The van der Waals surface area contributed by atoms with Crippen LogP contribution in [-0.4, -0.2) is 19.3 Å². The van der Waals surface area contributed by atoms with Crippen molar-refractivity contribution >= 4 is 15.9 Å². The molecule has 0 bridgehead atoms. The minimum atomic E-state index is -0.598. The first kappa shape index (κ1) is 16.5. The minimum Gasteiger partial charge on any atom is -0.380 e. The molecule has 0 aliphatic rings. The fraction of sp³-hybridized carbons (Fsp3) is 0.538. The Balaban J connectivity index is 3.02. The number of ether oxygens (including phenoxy) is 1. The predicted octanol–water partition coefficient (Wildman–Crippen LogP) is 2.77. The maximum absolute atomic E-state index is 13.9. The van der Waals surface area contributed by atoms with Crippen LogP contribution in [0.3, 0.4) is 0 Å². The Bertz CT molecular complexity index is 429. The summed E-state index contributed by atoms with van der Waals surface area (Å²) in [5.74, 6) is 4.48. The molecule has 2 unspecified atom stereocenters. The second kappa shape index (κ2) is 7.28. The van der Waals surface area contributed by atoms with Crippen molar-refractivity contribution in [1.82, 2.24) is 5.43 Å². The molecule has 19 heavy (non-hydrogen) atoms. The molecular formula is C13H19BrF2N2O. The van der Waals surface area contributed by atoms with Crippen LogP contribution in [0.4, 0.5) is 8.78 Å². The lowest BCUT2D eigenvalue weighted by molar-refractivity contribution is 0.0328. The van der Waals surface area contributed by atoms with Crippen molar-refractivity contribution in [2.45, 2.75) is 32.4 Å². The van der Waals surface area contributed by atoms with Crippen LogP contribution < -0.4 is 11.3 Å². The lowest BCUT2D eigenvalue weighted by atomic mass is 9.94. The Labute approximate surface area is 120 Å². The minimum absolute atomic E-state index is 0.0000231. The van der Waals surface area contributed by atoms with Crippen LogP contribution in [0, 0.1) is 17.6 Å². The predicted molar refractivity (Wildman–Crippen MR) is 74.5 cm³/mol. The maximum atomic E-state index is 13.9. The van der Waals surface area contributed by atoms with Crippen LogP contribution in [-0.2, 0) is 11.2 Å². The number of benzene rings is 1. The highest BCUT2D eigenvalue weighted by molar-refractivity contribution is 9.10. The lowest BCUT2D eigenvalue weighted by Crippen LogP contribution is -2.48. The van der Waals surface area contributed by atoms with Gasteiger partial charge in [0.05, 0.1) is 16.6 Å². The SMILES string of the molecule is COC(C(C)C)C(Cc1c(F)ccc(Br)c1F)NN. The van der Waals surface area contributed by atoms with Gasteiger partial charge in [0.15, 0.2) is 0 Å². The highest BCUT2D eigenvalue weighted by Gasteiger charge is 2.26. The largest absolute Gasteiger partial charge is 0.380 e. The normalized spacial score (nSPS) is 14.7. The first-order valence-electron chi connectivity index (χ1n) is 6.03. The molecule has 2 atom stereocenters. The molecule has 0 saturated carbocycles. The third kappa shape index (κ3) is 3.95. The Morgan fingerprint density at radius 2 is 2.00 bits per heavy atom. The molecule has 0 saturated heterocycles. The second-order valence-electron chi connectivity index (χ2n) is 4.74. The molecule has 0 amide bonds. The number of hydrazine groups is 1. The van der Waals surface area contributed by atoms with E-state index < -0.39 is 11.6 Å². The summed E-state index contributed by atoms with van der Waals surface area (Å²) >= 11 is 3.05. The van der Waals surface area contributed by atoms with Gasteiger partial charge < -0.3 is 4.74 Å². The molecule has 0 aromatic heterocycles. The summed E-state index contributed by atoms with van der Waals surface area (Å²) in [5.41, 5.74) is 2.58. The van der Waals surface area contributed by atoms with Gasteiger partial charge in [-0.3, -0.25) is 11.3 Å². The van der Waals surface area contributed by atoms with E-state index in [9.17, 15) is 8.78 Å². The van der Waals surface area contributed by atoms with Crippen LogP contribution >= 0.6 is 15.9 Å². The zero-order valence-corrected chi connectivity index (χ0v) is 12.8. The number of halogens is 3. The van der Waals surface area contributed by atoms with E-state index in [1.165, 1.54) is 12.1 Å². The first-order valence-corrected chi connectivity index (χ1v) is 6.83. The van der Waals surface area contributed by atoms with Crippen molar-refractivity contribution in [2.75, 3.05) is 7.11 Å². The van der Waals surface area contributed by atoms with Gasteiger partial charge in [-0.25, -0.2) is 8.78 Å². The average molecular weight is 337 g/mol. The van der Waals surface area contributed by atoms with Crippen LogP contribution in [0.1, 0.15) is 19.4 Å². The van der Waals surface area contributed by atoms with E-state index in [0.717, 1.165) is 0 Å². The molecule has 0 heterocycles. The van der Waals surface area contributed by atoms with Crippen molar-refractivity contribution in [3.63, 3.8) is 0 Å². The maximum Gasteiger partial charge on any atom is 0.143 e. The number of nitrogens with two attached hydrogens (primary N) is 1. The van der Waals surface area contributed by atoms with Gasteiger partial charge in [0.2, 0.25) is 0 Å². The summed E-state index contributed by atoms with van der Waals surface area (Å²) < 4.78 is 33.2. The van der Waals surface area contributed by atoms with E-state index >= 15 is 0 Å². The van der Waals surface area contributed by atoms with E-state index in [4.69, 9.17) is 10.6 Å². The number of methoxy groups -OCH3 is 1. The summed E-state index contributed by atoms with van der Waals surface area (Å²) in [5, 5.41) is 0. The van der Waals surface area contributed by atoms with Crippen LogP contribution in [0.25, 0.3) is 0 Å². The summed E-state index contributed by atoms with van der Waals surface area (Å²) in [4.78, 5) is 0. The molecule has 0 aliphatic heterocycles. The highest BCUT2D eigenvalue weighted by atomic mass is 79.9. The highest BCUT2D eigenvalue weighted by Crippen LogP contribution is 2.24. The fourth-order valence-electron chi connectivity index (χ4n) is 2.15. The molecule has 1 aromatic rings. The summed E-state index contributed by atoms with van der Waals surface area (Å²) in [6.07, 6.45) is -0.118. The Morgan fingerprint density at radius 1 is 1.37 bits per heavy atom. The molecular weight excluding hydrogens is 318 g/mol. The van der Waals surface area contributed by atoms with Crippen molar-refractivity contribution in [1.29, 1.82) is 0 Å². The summed E-state index contributed by atoms with van der Waals surface area (Å²) in [7, 11) is 1.56. The Morgan fingerprint density at radius 3 is 2.47 bits per heavy atom. The molecule has 0 radical (unpaired) electrons. The van der Waals surface area contributed by atoms with E-state index in [-0.39, 0.29) is 34.5 Å². The third-order valence-corrected chi connectivity index (χ3v) is 3.72. The zero-order chi connectivity index (χ0) is 14.6. The molecule has 1 aromatic carbocycles. The van der Waals surface area contributed by atoms with E-state index in [1.54, 1.807) is 7.11 Å². The van der Waals surface area contributed by atoms with E-state index in [1.807, 2.05) is 13.8 Å². The standard InChI is InChI=1S/C13H19BrF2N2O/c1-7(2)13(19-3)11(18-17)6-8-10(15)5-4-9(14)12(8)16/h4-5,7,11,13,18H,6,17H2,1-3H3. The second-order valence-corrected chi connectivity index (χ2v) is 5.60. The van der Waals surface area contributed by atoms with E-state index in [2.05, 4.69) is 21.4 Å². The average Bonchev–Trinajstić information content (AvgIpc) is 2.37. The molecule has 6 heteroatoms. The Hall–Kier alpha value is -0.560. The summed E-state index contributed by atoms with van der Waals surface area (Å²) in [6.45, 7) is 3.93. The topological polar surface area (TPSA) is 47.3 Å². The van der Waals surface area contributed by atoms with Gasteiger partial charge in [0.1, 0.15) is 11.6 Å². The van der Waals surface area contributed by atoms with Gasteiger partial charge in [0.25, 0.3) is 0 Å². The number of rotatable bonds is 6. The van der Waals surface area contributed by atoms with Gasteiger partial charge in [-0.15, -0.1) is 0 Å². The van der Waals surface area contributed by atoms with Crippen molar-refractivity contribution in [3.8, 4) is 0 Å². The molecule has 0 spiro atoms. The Kier molecular flexibility index (Phi) is 6.32. The molecule has 3 N–H and O–H groups in total. The van der Waals surface area contributed by atoms with Gasteiger partial charge in [-0.2, -0.15) is 0 Å². The number of hydrogen-bond acceptors (Lipinski definition) is 3. The molecule has 0 aliphatic carbocycles. The third-order valence-electron chi connectivity index (χ3n) is 3.10. The number of nitrogens with one attached hydrogen (secondary N) is 1. The number of hydrogen-bond donors (Lipinski definition) is 2. The van der Waals surface area contributed by atoms with Gasteiger partial charge >= 0.3 is 0 Å². The van der Waals surface area contributed by atoms with Gasteiger partial charge in [-0.1, -0.05) is 13.8 Å². The van der Waals surface area contributed by atoms with Crippen molar-refractivity contribution in [2.24, 2.45) is 11.8 Å². The molecule has 0 fully saturated rings. The smallest absolute Gasteiger partial charge is 0.143 e. The lowest BCUT2D eigenvalue weighted by Gasteiger charge is -2.28. The van der Waals surface area contributed by atoms with Crippen LogP contribution in [0.2, 0.25) is 0 Å². The fourth-order valence-corrected chi connectivity index (χ4v) is 2.52. The van der Waals surface area contributed by atoms with E-state index in [0.29, 0.717) is 0 Å². The first-order chi connectivity index (χ1) is 8.92. The monoisotopic (exact) mass is 336 g/mol. The van der Waals surface area contributed by atoms with Crippen LogP contribution in [0.5, 0.6) is 0 Å². The van der Waals surface area contributed by atoms with Crippen molar-refractivity contribution in [3.05, 3.63) is 33.8 Å². The van der Waals surface area contributed by atoms with Crippen LogP contribution in [0.15, 0.2) is 16.6 Å². The van der Waals surface area contributed by atoms with Gasteiger partial charge in [0, 0.05) is 12.7 Å². The van der Waals surface area contributed by atoms with Crippen molar-refractivity contribution < 1.29 is 13.5 Å².